The van der Waals surface area contributed by atoms with Gasteiger partial charge in [-0.1, -0.05) is 0 Å². The number of amides is 1. The van der Waals surface area contributed by atoms with Crippen LogP contribution in [0.1, 0.15) is 51.3 Å². The van der Waals surface area contributed by atoms with Crippen molar-refractivity contribution >= 4 is 11.7 Å². The first kappa shape index (κ1) is 24.9. The van der Waals surface area contributed by atoms with Crippen LogP contribution in [0, 0.1) is 0 Å². The smallest absolute Gasteiger partial charge is 0.239 e. The van der Waals surface area contributed by atoms with Crippen LogP contribution in [-0.4, -0.2) is 83.3 Å². The number of nitrogens with zero attached hydrogens (tertiary/aromatic N) is 5. The molecule has 2 bridgehead atoms. The van der Waals surface area contributed by atoms with E-state index in [2.05, 4.69) is 15.2 Å². The normalized spacial score (nSPS) is 21.3. The molecule has 9 nitrogen and oxygen atoms in total. The molecule has 36 heavy (non-hydrogen) atoms. The van der Waals surface area contributed by atoms with Gasteiger partial charge in [0.2, 0.25) is 5.91 Å². The topological polar surface area (TPSA) is 92.7 Å². The minimum absolute atomic E-state index is 0.0288. The Morgan fingerprint density at radius 2 is 2.14 bits per heavy atom. The second kappa shape index (κ2) is 10.3. The van der Waals surface area contributed by atoms with Crippen molar-refractivity contribution in [2.24, 2.45) is 0 Å². The van der Waals surface area contributed by atoms with Gasteiger partial charge in [-0.05, 0) is 58.9 Å². The fraction of sp³-hybridized carbons (Fsp3) is 0.630. The van der Waals surface area contributed by atoms with Gasteiger partial charge in [0.1, 0.15) is 23.9 Å². The van der Waals surface area contributed by atoms with Gasteiger partial charge in [0.15, 0.2) is 5.82 Å². The van der Waals surface area contributed by atoms with Gasteiger partial charge in [-0.25, -0.2) is 9.97 Å². The molecule has 0 unspecified atom stereocenters. The number of carbonyl (C=O) groups excluding carboxylic acids is 1. The van der Waals surface area contributed by atoms with E-state index in [0.29, 0.717) is 30.3 Å². The van der Waals surface area contributed by atoms with E-state index in [1.54, 1.807) is 6.20 Å². The van der Waals surface area contributed by atoms with E-state index < -0.39 is 0 Å². The van der Waals surface area contributed by atoms with Crippen LogP contribution in [0.5, 0.6) is 5.75 Å². The molecule has 194 valence electrons. The van der Waals surface area contributed by atoms with Crippen molar-refractivity contribution in [3.63, 3.8) is 0 Å². The highest BCUT2D eigenvalue weighted by Crippen LogP contribution is 2.31. The molecule has 3 aliphatic heterocycles. The molecule has 0 saturated carbocycles. The van der Waals surface area contributed by atoms with Gasteiger partial charge in [-0.2, -0.15) is 0 Å². The zero-order valence-corrected chi connectivity index (χ0v) is 21.9. The average molecular weight is 495 g/mol. The Morgan fingerprint density at radius 1 is 1.28 bits per heavy atom. The van der Waals surface area contributed by atoms with Crippen LogP contribution in [-0.2, 0) is 22.4 Å². The highest BCUT2D eigenvalue weighted by Gasteiger charge is 2.34. The minimum atomic E-state index is -0.275. The van der Waals surface area contributed by atoms with Crippen LogP contribution in [0.4, 0.5) is 5.82 Å². The minimum Gasteiger partial charge on any atom is -0.492 e. The molecule has 1 amide bonds. The van der Waals surface area contributed by atoms with Gasteiger partial charge >= 0.3 is 0 Å². The molecule has 3 fully saturated rings. The summed E-state index contributed by atoms with van der Waals surface area (Å²) in [6.07, 6.45) is 7.41. The maximum Gasteiger partial charge on any atom is 0.239 e. The van der Waals surface area contributed by atoms with Crippen LogP contribution >= 0.6 is 0 Å². The molecule has 2 aromatic rings. The Bertz CT molecular complexity index is 1090. The third-order valence-electron chi connectivity index (χ3n) is 7.08. The Balaban J connectivity index is 1.28. The zero-order chi connectivity index (χ0) is 25.3. The Kier molecular flexibility index (Phi) is 7.12. The Hall–Kier alpha value is -2.78. The van der Waals surface area contributed by atoms with Crippen molar-refractivity contribution in [2.45, 2.75) is 70.6 Å². The fourth-order valence-electron chi connectivity index (χ4n) is 5.40. The number of fused-ring (bicyclic) bond motifs is 4. The van der Waals surface area contributed by atoms with E-state index >= 15 is 0 Å². The molecule has 0 aromatic carbocycles. The number of pyridine rings is 1. The molecule has 2 atom stereocenters. The first-order chi connectivity index (χ1) is 17.2. The predicted molar refractivity (Wildman–Crippen MR) is 138 cm³/mol. The van der Waals surface area contributed by atoms with Crippen LogP contribution in [0.2, 0.25) is 0 Å². The summed E-state index contributed by atoms with van der Waals surface area (Å²) in [6.45, 7) is 9.54. The van der Waals surface area contributed by atoms with Crippen molar-refractivity contribution < 1.29 is 14.3 Å². The Morgan fingerprint density at radius 3 is 2.86 bits per heavy atom. The van der Waals surface area contributed by atoms with Crippen molar-refractivity contribution in [2.75, 3.05) is 44.8 Å². The number of morpholine rings is 1. The van der Waals surface area contributed by atoms with Crippen LogP contribution in [0.3, 0.4) is 0 Å². The number of aromatic nitrogens is 3. The summed E-state index contributed by atoms with van der Waals surface area (Å²) in [5.74, 6) is 2.12. The molecule has 1 N–H and O–H groups in total. The number of carbonyl (C=O) groups is 1. The lowest BCUT2D eigenvalue weighted by Crippen LogP contribution is -2.55. The number of piperidine rings is 1. The molecule has 1 aliphatic carbocycles. The molecule has 4 aliphatic rings. The number of anilines is 1. The summed E-state index contributed by atoms with van der Waals surface area (Å²) in [5, 5.41) is 3.03. The first-order valence-corrected chi connectivity index (χ1v) is 13.1. The van der Waals surface area contributed by atoms with Crippen LogP contribution < -0.4 is 15.0 Å². The number of ether oxygens (including phenoxy) is 2. The third-order valence-corrected chi connectivity index (χ3v) is 7.08. The number of aryl methyl sites for hydroxylation is 1. The lowest BCUT2D eigenvalue weighted by Gasteiger charge is -2.44. The van der Waals surface area contributed by atoms with Gasteiger partial charge in [0.25, 0.3) is 0 Å². The summed E-state index contributed by atoms with van der Waals surface area (Å²) in [5.41, 5.74) is 2.59. The lowest BCUT2D eigenvalue weighted by atomic mass is 9.97. The lowest BCUT2D eigenvalue weighted by molar-refractivity contribution is -0.121. The summed E-state index contributed by atoms with van der Waals surface area (Å²) in [4.78, 5) is 31.2. The summed E-state index contributed by atoms with van der Waals surface area (Å²) in [7, 11) is 1.91. The van der Waals surface area contributed by atoms with Crippen molar-refractivity contribution in [3.05, 3.63) is 29.6 Å². The van der Waals surface area contributed by atoms with E-state index in [9.17, 15) is 4.79 Å². The third kappa shape index (κ3) is 5.78. The molecule has 0 radical (unpaired) electrons. The SMILES string of the molecule is CN(CC(=O)NC(C)(C)C)c1nc(-c2cc(OCCN3C[C@H]4CC[C@@H]3CO4)ccn2)nc2c1CCC2. The average Bonchev–Trinajstić information content (AvgIpc) is 3.32. The maximum atomic E-state index is 12.6. The van der Waals surface area contributed by atoms with Crippen LogP contribution in [0.15, 0.2) is 18.3 Å². The number of likely N-dealkylation sites (N-methyl/N-ethyl adjacent to an activating group) is 1. The number of nitrogens with one attached hydrogen (secondary N) is 1. The quantitative estimate of drug-likeness (QED) is 0.599. The molecular formula is C27H38N6O3. The fourth-order valence-corrected chi connectivity index (χ4v) is 5.40. The molecule has 0 spiro atoms. The number of rotatable bonds is 8. The highest BCUT2D eigenvalue weighted by molar-refractivity contribution is 5.82. The van der Waals surface area contributed by atoms with E-state index in [1.807, 2.05) is 44.9 Å². The molecule has 6 rings (SSSR count). The highest BCUT2D eigenvalue weighted by atomic mass is 16.5. The van der Waals surface area contributed by atoms with Crippen molar-refractivity contribution in [1.29, 1.82) is 0 Å². The largest absolute Gasteiger partial charge is 0.492 e. The number of hydrogen-bond donors (Lipinski definition) is 1. The van der Waals surface area contributed by atoms with Gasteiger partial charge in [-0.3, -0.25) is 14.7 Å². The van der Waals surface area contributed by atoms with Gasteiger partial charge in [-0.15, -0.1) is 0 Å². The molecule has 2 aromatic heterocycles. The standard InChI is InChI=1S/C27H38N6O3/c1-27(2,3)31-24(34)16-32(4)26-21-6-5-7-22(21)29-25(30-26)23-14-19(10-11-28-23)35-13-12-33-15-20-9-8-18(33)17-36-20/h10-11,14,18,20H,5-9,12-13,15-17H2,1-4H3,(H,31,34)/t18-,20-/m1/s1. The molecule has 3 saturated heterocycles. The summed E-state index contributed by atoms with van der Waals surface area (Å²) >= 11 is 0. The molecule has 9 heteroatoms. The zero-order valence-electron chi connectivity index (χ0n) is 21.9. The van der Waals surface area contributed by atoms with E-state index in [-0.39, 0.29) is 18.0 Å². The van der Waals surface area contributed by atoms with Crippen molar-refractivity contribution in [1.82, 2.24) is 25.2 Å². The van der Waals surface area contributed by atoms with E-state index in [1.165, 1.54) is 12.8 Å². The van der Waals surface area contributed by atoms with Gasteiger partial charge in [0.05, 0.1) is 19.3 Å². The monoisotopic (exact) mass is 494 g/mol. The van der Waals surface area contributed by atoms with E-state index in [4.69, 9.17) is 19.4 Å². The maximum absolute atomic E-state index is 12.6. The van der Waals surface area contributed by atoms with Crippen molar-refractivity contribution in [3.8, 4) is 17.3 Å². The van der Waals surface area contributed by atoms with Gasteiger partial charge < -0.3 is 19.7 Å². The second-order valence-electron chi connectivity index (χ2n) is 11.2. The van der Waals surface area contributed by atoms with Crippen LogP contribution in [0.25, 0.3) is 11.5 Å². The van der Waals surface area contributed by atoms with E-state index in [0.717, 1.165) is 61.8 Å². The first-order valence-electron chi connectivity index (χ1n) is 13.1. The molecular weight excluding hydrogens is 456 g/mol. The number of hydrogen-bond acceptors (Lipinski definition) is 8. The summed E-state index contributed by atoms with van der Waals surface area (Å²) in [6, 6.07) is 4.32. The molecule has 5 heterocycles. The summed E-state index contributed by atoms with van der Waals surface area (Å²) < 4.78 is 11.9. The van der Waals surface area contributed by atoms with Gasteiger partial charge in [0, 0.05) is 55.2 Å². The predicted octanol–water partition coefficient (Wildman–Crippen LogP) is 2.62. The Labute approximate surface area is 213 Å². The second-order valence-corrected chi connectivity index (χ2v) is 11.2.